The molecule has 3 aromatic rings. The number of carbonyl (C=O) groups excluding carboxylic acids is 5. The van der Waals surface area contributed by atoms with Gasteiger partial charge in [-0.1, -0.05) is 56.0 Å². The van der Waals surface area contributed by atoms with E-state index in [0.29, 0.717) is 44.4 Å². The van der Waals surface area contributed by atoms with Gasteiger partial charge in [0.1, 0.15) is 17.7 Å². The van der Waals surface area contributed by atoms with E-state index in [1.165, 1.54) is 18.2 Å². The Hall–Kier alpha value is -5.29. The van der Waals surface area contributed by atoms with Gasteiger partial charge in [-0.3, -0.25) is 24.1 Å². The maximum absolute atomic E-state index is 15.4. The lowest BCUT2D eigenvalue weighted by molar-refractivity contribution is -0.141. The normalized spacial score (nSPS) is 15.2. The summed E-state index contributed by atoms with van der Waals surface area (Å²) in [6.07, 6.45) is 10.2. The van der Waals surface area contributed by atoms with Crippen LogP contribution in [0.15, 0.2) is 72.9 Å². The monoisotopic (exact) mass is 935 g/mol. The summed E-state index contributed by atoms with van der Waals surface area (Å²) in [7, 11) is -1.42. The first kappa shape index (κ1) is 50.7. The number of aliphatic carboxylic acids is 1. The van der Waals surface area contributed by atoms with E-state index in [4.69, 9.17) is 4.74 Å². The number of imide groups is 1. The summed E-state index contributed by atoms with van der Waals surface area (Å²) in [5.74, 6) is -4.06. The number of ether oxygens (including phenoxy) is 1. The van der Waals surface area contributed by atoms with Gasteiger partial charge in [0, 0.05) is 73.5 Å². The predicted molar refractivity (Wildman–Crippen MR) is 250 cm³/mol. The molecule has 2 atom stereocenters. The number of aromatic nitrogens is 1. The fraction of sp³-hybridized carbons (Fsp3) is 0.500. The van der Waals surface area contributed by atoms with Crippen LogP contribution in [0.3, 0.4) is 0 Å². The standard InChI is InChI=1S/C48H63F2N5O8SSi/c1-65(2,3)27-26-63-48(62)51-23-13-25-55(45(59)33-64-32-40(47(60)61)52-42(56)18-11-6-12-24-54-43(57)21-22-44(54)58)46(35-16-9-5-10-17-35)41-28-36(38-29-37(49)19-20-39(38)50)31-53(41)30-34-14-7-4-8-15-34/h4,7-8,14-15,19-22,28-29,31,35,40,46H,5-6,9-13,16-18,23-27,30,32-33H2,1-3H3,(H,51,62)(H,52,56)(H,60,61)/q-1/t40-,46+/m0/s1. The van der Waals surface area contributed by atoms with Crippen LogP contribution in [0.5, 0.6) is 0 Å². The van der Waals surface area contributed by atoms with Gasteiger partial charge in [-0.15, -0.1) is 25.9 Å². The summed E-state index contributed by atoms with van der Waals surface area (Å²) in [6, 6.07) is 14.0. The quantitative estimate of drug-likeness (QED) is 0.0432. The van der Waals surface area contributed by atoms with Gasteiger partial charge in [-0.25, -0.2) is 18.4 Å². The van der Waals surface area contributed by atoms with Crippen molar-refractivity contribution in [2.75, 3.05) is 37.7 Å². The van der Waals surface area contributed by atoms with E-state index in [1.54, 1.807) is 11.1 Å². The number of carboxylic acids is 1. The Morgan fingerprint density at radius 1 is 0.938 bits per heavy atom. The van der Waals surface area contributed by atoms with Gasteiger partial charge in [0.05, 0.1) is 18.4 Å². The number of unbranched alkanes of at least 4 members (excludes halogenated alkanes) is 2. The molecule has 0 radical (unpaired) electrons. The molecule has 5 rings (SSSR count). The third-order valence-electron chi connectivity index (χ3n) is 11.7. The topological polar surface area (TPSA) is 167 Å². The molecule has 1 aromatic heterocycles. The van der Waals surface area contributed by atoms with Crippen molar-refractivity contribution in [3.8, 4) is 11.1 Å². The first-order chi connectivity index (χ1) is 31.1. The molecule has 0 bridgehead atoms. The van der Waals surface area contributed by atoms with Gasteiger partial charge in [0.15, 0.2) is 0 Å². The van der Waals surface area contributed by atoms with Crippen molar-refractivity contribution in [1.82, 2.24) is 25.0 Å². The molecular formula is C48H63F2N5O8SSi-. The molecule has 65 heavy (non-hydrogen) atoms. The van der Waals surface area contributed by atoms with Gasteiger partial charge < -0.3 is 29.9 Å². The molecule has 1 fully saturated rings. The lowest BCUT2D eigenvalue weighted by Crippen LogP contribution is -2.44. The van der Waals surface area contributed by atoms with Crippen molar-refractivity contribution in [3.63, 3.8) is 0 Å². The highest BCUT2D eigenvalue weighted by molar-refractivity contribution is 8.00. The van der Waals surface area contributed by atoms with E-state index in [9.17, 15) is 38.3 Å². The second-order valence-corrected chi connectivity index (χ2v) is 24.6. The second kappa shape index (κ2) is 24.8. The van der Waals surface area contributed by atoms with Crippen molar-refractivity contribution < 1.29 is 47.4 Å². The number of hydrogen-bond acceptors (Lipinski definition) is 8. The van der Waals surface area contributed by atoms with Crippen LogP contribution in [0.25, 0.3) is 11.1 Å². The largest absolute Gasteiger partial charge is 0.480 e. The summed E-state index contributed by atoms with van der Waals surface area (Å²) in [5, 5.41) is 15.5. The first-order valence-electron chi connectivity index (χ1n) is 22.6. The minimum absolute atomic E-state index is 0.00544. The van der Waals surface area contributed by atoms with Crippen molar-refractivity contribution >= 4 is 55.5 Å². The molecule has 2 aromatic carbocycles. The van der Waals surface area contributed by atoms with Crippen molar-refractivity contribution in [3.05, 3.63) is 95.8 Å². The summed E-state index contributed by atoms with van der Waals surface area (Å²) < 4.78 is 37.5. The number of nitrogens with one attached hydrogen (secondary N) is 2. The van der Waals surface area contributed by atoms with Crippen LogP contribution in [-0.2, 0) is 35.3 Å². The summed E-state index contributed by atoms with van der Waals surface area (Å²) in [4.78, 5) is 79.0. The molecule has 0 spiro atoms. The lowest BCUT2D eigenvalue weighted by Gasteiger charge is -2.40. The van der Waals surface area contributed by atoms with Gasteiger partial charge in [0.25, 0.3) is 11.8 Å². The van der Waals surface area contributed by atoms with Gasteiger partial charge >= 0.3 is 12.1 Å². The fourth-order valence-corrected chi connectivity index (χ4v) is 9.83. The number of hydrogen-bond donors (Lipinski definition) is 3. The molecule has 0 saturated heterocycles. The van der Waals surface area contributed by atoms with Crippen LogP contribution in [-0.4, -0.2) is 107 Å². The Balaban J connectivity index is 1.35. The lowest BCUT2D eigenvalue weighted by atomic mass is 9.81. The molecule has 13 nitrogen and oxygen atoms in total. The number of rotatable bonds is 25. The fourth-order valence-electron chi connectivity index (χ4n) is 8.20. The second-order valence-electron chi connectivity index (χ2n) is 18.0. The van der Waals surface area contributed by atoms with Gasteiger partial charge in [-0.2, -0.15) is 19.6 Å². The van der Waals surface area contributed by atoms with Crippen LogP contribution >= 0.6 is 11.8 Å². The van der Waals surface area contributed by atoms with E-state index in [0.717, 1.165) is 78.2 Å². The smallest absolute Gasteiger partial charge is 0.407 e. The van der Waals surface area contributed by atoms with Gasteiger partial charge in [0.2, 0.25) is 11.8 Å². The highest BCUT2D eigenvalue weighted by Crippen LogP contribution is 2.41. The van der Waals surface area contributed by atoms with Gasteiger partial charge in [-0.05, 0) is 67.9 Å². The highest BCUT2D eigenvalue weighted by atomic mass is 32.2. The molecule has 0 unspecified atom stereocenters. The molecule has 1 aliphatic heterocycles. The number of nitrogens with zero attached hydrogens (tertiary/aromatic N) is 3. The van der Waals surface area contributed by atoms with E-state index < -0.39 is 49.8 Å². The Morgan fingerprint density at radius 3 is 2.35 bits per heavy atom. The third-order valence-corrected chi connectivity index (χ3v) is 14.4. The summed E-state index contributed by atoms with van der Waals surface area (Å²) >= 11 is 1.09. The molecule has 353 valence electrons. The first-order valence-corrected chi connectivity index (χ1v) is 27.5. The Morgan fingerprint density at radius 2 is 1.66 bits per heavy atom. The van der Waals surface area contributed by atoms with E-state index >= 15 is 4.39 Å². The molecular weight excluding hydrogens is 873 g/mol. The maximum Gasteiger partial charge on any atom is 0.407 e. The highest BCUT2D eigenvalue weighted by Gasteiger charge is 2.36. The zero-order valence-corrected chi connectivity index (χ0v) is 39.5. The summed E-state index contributed by atoms with van der Waals surface area (Å²) in [5.41, 5.74) is 2.28. The number of carboxylic acid groups (broad SMARTS) is 1. The third kappa shape index (κ3) is 16.0. The Kier molecular flexibility index (Phi) is 19.4. The number of halogens is 2. The Labute approximate surface area is 385 Å². The molecule has 17 heteroatoms. The van der Waals surface area contributed by atoms with Crippen LogP contribution in [0.2, 0.25) is 25.7 Å². The van der Waals surface area contributed by atoms with E-state index in [1.807, 2.05) is 41.0 Å². The number of alkyl carbamates (subject to hydrolysis) is 1. The van der Waals surface area contributed by atoms with Crippen LogP contribution in [0.4, 0.5) is 13.6 Å². The number of carbonyl (C=O) groups is 6. The Bertz CT molecular complexity index is 2120. The predicted octanol–water partition coefficient (Wildman–Crippen LogP) is 8.17. The zero-order valence-electron chi connectivity index (χ0n) is 37.7. The van der Waals surface area contributed by atoms with Crippen molar-refractivity contribution in [2.24, 2.45) is 5.92 Å². The minimum Gasteiger partial charge on any atom is -0.480 e. The number of benzene rings is 2. The van der Waals surface area contributed by atoms with Crippen LogP contribution in [0, 0.1) is 17.6 Å². The molecule has 1 saturated carbocycles. The van der Waals surface area contributed by atoms with Crippen LogP contribution < -0.4 is 10.6 Å². The molecule has 5 amide bonds. The van der Waals surface area contributed by atoms with E-state index in [-0.39, 0.29) is 66.8 Å². The molecule has 1 aliphatic carbocycles. The maximum atomic E-state index is 15.4. The van der Waals surface area contributed by atoms with E-state index in [2.05, 4.69) is 30.3 Å². The molecule has 3 N–H and O–H groups in total. The number of thioether (sulfide) groups is 1. The average Bonchev–Trinajstić information content (AvgIpc) is 3.82. The molecule has 2 aliphatic rings. The zero-order chi connectivity index (χ0) is 46.9. The SMILES string of the molecule is C[Si-](C)(C)CCOC(=O)NCCCN(C(=O)CSC[C@H](NC(=O)CCCCCN1C(=O)C=CC1=O)C(=O)O)[C@@H](c1cc(-c2cc(F)ccc2F)cn1Cc1ccccc1)C1CCCCC1. The minimum atomic E-state index is -1.42. The number of amides is 5. The summed E-state index contributed by atoms with van der Waals surface area (Å²) in [6.45, 7) is 8.00. The van der Waals surface area contributed by atoms with Crippen molar-refractivity contribution in [2.45, 2.75) is 109 Å². The van der Waals surface area contributed by atoms with Crippen LogP contribution in [0.1, 0.15) is 81.5 Å². The molecule has 2 heterocycles. The van der Waals surface area contributed by atoms with Crippen molar-refractivity contribution in [1.29, 1.82) is 0 Å². The average molecular weight is 936 g/mol.